The summed E-state index contributed by atoms with van der Waals surface area (Å²) >= 11 is 1.70. The van der Waals surface area contributed by atoms with Gasteiger partial charge in [-0.2, -0.15) is 0 Å². The predicted molar refractivity (Wildman–Crippen MR) is 110 cm³/mol. The molecule has 1 saturated heterocycles. The first-order chi connectivity index (χ1) is 13.6. The molecule has 1 aliphatic heterocycles. The number of aromatic nitrogens is 1. The van der Waals surface area contributed by atoms with Gasteiger partial charge in [0.2, 0.25) is 0 Å². The second-order valence-electron chi connectivity index (χ2n) is 6.77. The molecule has 1 fully saturated rings. The number of nitrogens with zero attached hydrogens (tertiary/aromatic N) is 3. The number of piperazine rings is 1. The lowest BCUT2D eigenvalue weighted by molar-refractivity contribution is 0.0599. The van der Waals surface area contributed by atoms with Gasteiger partial charge in [-0.3, -0.25) is 4.79 Å². The number of methoxy groups -OCH3 is 1. The maximum absolute atomic E-state index is 12.8. The average Bonchev–Trinajstić information content (AvgIpc) is 3.19. The van der Waals surface area contributed by atoms with Crippen LogP contribution in [-0.2, 0) is 4.74 Å². The molecular formula is C21H21N3O3S. The van der Waals surface area contributed by atoms with Gasteiger partial charge in [0.25, 0.3) is 5.91 Å². The monoisotopic (exact) mass is 395 g/mol. The quantitative estimate of drug-likeness (QED) is 0.637. The van der Waals surface area contributed by atoms with Crippen molar-refractivity contribution < 1.29 is 14.3 Å². The second kappa shape index (κ2) is 7.59. The molecule has 28 heavy (non-hydrogen) atoms. The van der Waals surface area contributed by atoms with Gasteiger partial charge < -0.3 is 14.5 Å². The predicted octanol–water partition coefficient (Wildman–Crippen LogP) is 3.35. The third-order valence-electron chi connectivity index (χ3n) is 5.00. The Bertz CT molecular complexity index is 1020. The Morgan fingerprint density at radius 3 is 2.32 bits per heavy atom. The molecule has 0 atom stereocenters. The molecule has 2 aromatic carbocycles. The molecule has 3 aromatic rings. The number of benzene rings is 2. The zero-order valence-corrected chi connectivity index (χ0v) is 16.7. The number of amides is 1. The standard InChI is InChI=1S/C21H21N3O3S/c1-14-4-3-5-17-18(14)22-21(28-17)24-12-10-23(11-13-24)19(25)15-6-8-16(9-7-15)20(26)27-2/h3-9H,10-13H2,1-2H3. The number of carbonyl (C=O) groups excluding carboxylic acids is 2. The summed E-state index contributed by atoms with van der Waals surface area (Å²) in [5, 5.41) is 1.01. The molecule has 1 amide bonds. The minimum Gasteiger partial charge on any atom is -0.465 e. The first kappa shape index (κ1) is 18.4. The van der Waals surface area contributed by atoms with Crippen LogP contribution in [0.2, 0.25) is 0 Å². The highest BCUT2D eigenvalue weighted by molar-refractivity contribution is 7.22. The number of esters is 1. The van der Waals surface area contributed by atoms with Crippen molar-refractivity contribution in [2.75, 3.05) is 38.2 Å². The molecule has 6 nitrogen and oxygen atoms in total. The van der Waals surface area contributed by atoms with E-state index in [1.165, 1.54) is 17.4 Å². The minimum atomic E-state index is -0.404. The lowest BCUT2D eigenvalue weighted by atomic mass is 10.1. The molecule has 4 rings (SSSR count). The number of aryl methyl sites for hydroxylation is 1. The van der Waals surface area contributed by atoms with Crippen LogP contribution < -0.4 is 4.90 Å². The van der Waals surface area contributed by atoms with E-state index in [9.17, 15) is 9.59 Å². The van der Waals surface area contributed by atoms with E-state index in [-0.39, 0.29) is 5.91 Å². The molecule has 0 spiro atoms. The number of thiazole rings is 1. The number of hydrogen-bond donors (Lipinski definition) is 0. The maximum atomic E-state index is 12.8. The molecule has 0 N–H and O–H groups in total. The van der Waals surface area contributed by atoms with Gasteiger partial charge >= 0.3 is 5.97 Å². The summed E-state index contributed by atoms with van der Waals surface area (Å²) in [6.07, 6.45) is 0. The van der Waals surface area contributed by atoms with E-state index >= 15 is 0 Å². The fraction of sp³-hybridized carbons (Fsp3) is 0.286. The van der Waals surface area contributed by atoms with Crippen molar-refractivity contribution in [3.05, 3.63) is 59.2 Å². The number of para-hydroxylation sites is 1. The van der Waals surface area contributed by atoms with Crippen LogP contribution in [0.3, 0.4) is 0 Å². The first-order valence-corrected chi connectivity index (χ1v) is 9.97. The van der Waals surface area contributed by atoms with Crippen molar-refractivity contribution in [3.63, 3.8) is 0 Å². The van der Waals surface area contributed by atoms with Crippen molar-refractivity contribution in [2.45, 2.75) is 6.92 Å². The van der Waals surface area contributed by atoms with Crippen LogP contribution in [0.5, 0.6) is 0 Å². The Balaban J connectivity index is 1.42. The van der Waals surface area contributed by atoms with Gasteiger partial charge in [0.15, 0.2) is 5.13 Å². The summed E-state index contributed by atoms with van der Waals surface area (Å²) in [6.45, 7) is 4.88. The average molecular weight is 395 g/mol. The van der Waals surface area contributed by atoms with Crippen LogP contribution in [-0.4, -0.2) is 55.0 Å². The summed E-state index contributed by atoms with van der Waals surface area (Å²) in [5.41, 5.74) is 3.27. The van der Waals surface area contributed by atoms with Crippen molar-refractivity contribution in [3.8, 4) is 0 Å². The van der Waals surface area contributed by atoms with Crippen LogP contribution in [0.25, 0.3) is 10.2 Å². The molecule has 0 radical (unpaired) electrons. The van der Waals surface area contributed by atoms with E-state index in [0.717, 1.165) is 23.7 Å². The minimum absolute atomic E-state index is 0.0174. The molecule has 0 bridgehead atoms. The number of fused-ring (bicyclic) bond motifs is 1. The highest BCUT2D eigenvalue weighted by Gasteiger charge is 2.24. The molecule has 0 aliphatic carbocycles. The summed E-state index contributed by atoms with van der Waals surface area (Å²) in [4.78, 5) is 33.2. The summed E-state index contributed by atoms with van der Waals surface area (Å²) in [6, 6.07) is 12.8. The topological polar surface area (TPSA) is 62.7 Å². The van der Waals surface area contributed by atoms with E-state index in [1.807, 2.05) is 4.90 Å². The van der Waals surface area contributed by atoms with Gasteiger partial charge in [-0.15, -0.1) is 0 Å². The maximum Gasteiger partial charge on any atom is 0.337 e. The van der Waals surface area contributed by atoms with Gasteiger partial charge in [-0.05, 0) is 42.8 Å². The van der Waals surface area contributed by atoms with Crippen molar-refractivity contribution in [1.29, 1.82) is 0 Å². The smallest absolute Gasteiger partial charge is 0.337 e. The fourth-order valence-electron chi connectivity index (χ4n) is 3.36. The Hall–Kier alpha value is -2.93. The Kier molecular flexibility index (Phi) is 5.00. The number of ether oxygens (including phenoxy) is 1. The highest BCUT2D eigenvalue weighted by atomic mass is 32.1. The summed E-state index contributed by atoms with van der Waals surface area (Å²) in [7, 11) is 1.34. The Labute approximate surface area is 167 Å². The molecule has 1 aromatic heterocycles. The van der Waals surface area contributed by atoms with Crippen LogP contribution in [0.15, 0.2) is 42.5 Å². The Morgan fingerprint density at radius 2 is 1.68 bits per heavy atom. The van der Waals surface area contributed by atoms with Gasteiger partial charge in [-0.25, -0.2) is 9.78 Å². The molecule has 0 saturated carbocycles. The SMILES string of the molecule is COC(=O)c1ccc(C(=O)N2CCN(c3nc4c(C)cccc4s3)CC2)cc1. The first-order valence-electron chi connectivity index (χ1n) is 9.15. The van der Waals surface area contributed by atoms with Crippen LogP contribution in [0.4, 0.5) is 5.13 Å². The second-order valence-corrected chi connectivity index (χ2v) is 7.78. The van der Waals surface area contributed by atoms with Gasteiger partial charge in [0.1, 0.15) is 0 Å². The van der Waals surface area contributed by atoms with E-state index in [4.69, 9.17) is 9.72 Å². The zero-order valence-electron chi connectivity index (χ0n) is 15.8. The molecule has 2 heterocycles. The summed E-state index contributed by atoms with van der Waals surface area (Å²) < 4.78 is 5.88. The van der Waals surface area contributed by atoms with E-state index in [1.54, 1.807) is 35.6 Å². The van der Waals surface area contributed by atoms with Gasteiger partial charge in [0.05, 0.1) is 22.9 Å². The lowest BCUT2D eigenvalue weighted by Crippen LogP contribution is -2.48. The third kappa shape index (κ3) is 3.45. The molecule has 7 heteroatoms. The van der Waals surface area contributed by atoms with Crippen LogP contribution in [0.1, 0.15) is 26.3 Å². The number of anilines is 1. The van der Waals surface area contributed by atoms with E-state index in [0.29, 0.717) is 24.2 Å². The molecule has 144 valence electrons. The largest absolute Gasteiger partial charge is 0.465 e. The van der Waals surface area contributed by atoms with Crippen molar-refractivity contribution in [1.82, 2.24) is 9.88 Å². The fourth-order valence-corrected chi connectivity index (χ4v) is 4.46. The molecule has 1 aliphatic rings. The van der Waals surface area contributed by atoms with Crippen molar-refractivity contribution in [2.24, 2.45) is 0 Å². The van der Waals surface area contributed by atoms with E-state index in [2.05, 4.69) is 30.0 Å². The molecule has 0 unspecified atom stereocenters. The lowest BCUT2D eigenvalue weighted by Gasteiger charge is -2.34. The summed E-state index contributed by atoms with van der Waals surface area (Å²) in [5.74, 6) is -0.421. The highest BCUT2D eigenvalue weighted by Crippen LogP contribution is 2.31. The van der Waals surface area contributed by atoms with E-state index < -0.39 is 5.97 Å². The normalized spacial score (nSPS) is 14.4. The van der Waals surface area contributed by atoms with Crippen molar-refractivity contribution >= 4 is 38.6 Å². The van der Waals surface area contributed by atoms with Gasteiger partial charge in [-0.1, -0.05) is 23.5 Å². The number of rotatable bonds is 3. The Morgan fingerprint density at radius 1 is 1.00 bits per heavy atom. The number of hydrogen-bond acceptors (Lipinski definition) is 6. The zero-order chi connectivity index (χ0) is 19.7. The molecular weight excluding hydrogens is 374 g/mol. The van der Waals surface area contributed by atoms with Crippen LogP contribution in [0, 0.1) is 6.92 Å². The van der Waals surface area contributed by atoms with Gasteiger partial charge in [0, 0.05) is 31.7 Å². The van der Waals surface area contributed by atoms with Crippen LogP contribution >= 0.6 is 11.3 Å². The number of carbonyl (C=O) groups is 2. The third-order valence-corrected chi connectivity index (χ3v) is 6.08.